The number of benzene rings is 1. The normalized spacial score (nSPS) is 10.4. The molecule has 1 heterocycles. The van der Waals surface area contributed by atoms with Crippen LogP contribution in [0.5, 0.6) is 0 Å². The lowest BCUT2D eigenvalue weighted by Crippen LogP contribution is -2.09. The van der Waals surface area contributed by atoms with Gasteiger partial charge in [0.25, 0.3) is 0 Å². The van der Waals surface area contributed by atoms with E-state index in [2.05, 4.69) is 20.5 Å². The molecule has 2 N–H and O–H groups in total. The number of hydrogen-bond donors (Lipinski definition) is 2. The Hall–Kier alpha value is -2.44. The first kappa shape index (κ1) is 15.0. The number of rotatable bonds is 7. The number of H-pyrrole nitrogens is 1. The number of ether oxygens (including phenoxy) is 1. The van der Waals surface area contributed by atoms with Gasteiger partial charge in [0.15, 0.2) is 5.82 Å². The van der Waals surface area contributed by atoms with Crippen LogP contribution in [-0.4, -0.2) is 34.3 Å². The third-order valence-electron chi connectivity index (χ3n) is 2.72. The average Bonchev–Trinajstić information content (AvgIpc) is 2.89. The highest BCUT2D eigenvalue weighted by Gasteiger charge is 2.09. The average molecular weight is 292 g/mol. The zero-order chi connectivity index (χ0) is 15.1. The van der Waals surface area contributed by atoms with Gasteiger partial charge in [0.1, 0.15) is 18.1 Å². The minimum absolute atomic E-state index is 0.0895. The SMILES string of the molecule is CCOC(=O)Cc1nc(CCNc2ccc(F)cc2)n[nH]1. The van der Waals surface area contributed by atoms with Crippen molar-refractivity contribution in [2.75, 3.05) is 18.5 Å². The Balaban J connectivity index is 1.77. The Morgan fingerprint density at radius 3 is 2.86 bits per heavy atom. The monoisotopic (exact) mass is 292 g/mol. The lowest BCUT2D eigenvalue weighted by Gasteiger charge is -2.03. The Kier molecular flexibility index (Phi) is 5.25. The maximum atomic E-state index is 12.7. The summed E-state index contributed by atoms with van der Waals surface area (Å²) in [7, 11) is 0. The first-order valence-corrected chi connectivity index (χ1v) is 6.72. The molecule has 2 rings (SSSR count). The molecule has 6 nitrogen and oxygen atoms in total. The van der Waals surface area contributed by atoms with Crippen molar-refractivity contribution in [3.63, 3.8) is 0 Å². The van der Waals surface area contributed by atoms with E-state index >= 15 is 0 Å². The maximum Gasteiger partial charge on any atom is 0.313 e. The lowest BCUT2D eigenvalue weighted by molar-refractivity contribution is -0.142. The predicted molar refractivity (Wildman–Crippen MR) is 75.3 cm³/mol. The molecule has 0 aliphatic rings. The highest BCUT2D eigenvalue weighted by atomic mass is 19.1. The molecule has 2 aromatic rings. The Bertz CT molecular complexity index is 583. The van der Waals surface area contributed by atoms with Gasteiger partial charge in [-0.1, -0.05) is 0 Å². The van der Waals surface area contributed by atoms with E-state index < -0.39 is 0 Å². The smallest absolute Gasteiger partial charge is 0.313 e. The lowest BCUT2D eigenvalue weighted by atomic mass is 10.3. The van der Waals surface area contributed by atoms with E-state index in [1.807, 2.05) is 0 Å². The molecular weight excluding hydrogens is 275 g/mol. The van der Waals surface area contributed by atoms with E-state index in [1.165, 1.54) is 12.1 Å². The van der Waals surface area contributed by atoms with Gasteiger partial charge in [0, 0.05) is 18.7 Å². The quantitative estimate of drug-likeness (QED) is 0.759. The molecule has 0 radical (unpaired) electrons. The van der Waals surface area contributed by atoms with Gasteiger partial charge in [-0.15, -0.1) is 0 Å². The van der Waals surface area contributed by atoms with Crippen molar-refractivity contribution < 1.29 is 13.9 Å². The summed E-state index contributed by atoms with van der Waals surface area (Å²) in [4.78, 5) is 15.5. The van der Waals surface area contributed by atoms with Gasteiger partial charge >= 0.3 is 5.97 Å². The van der Waals surface area contributed by atoms with Crippen LogP contribution in [-0.2, 0) is 22.4 Å². The van der Waals surface area contributed by atoms with Gasteiger partial charge in [-0.25, -0.2) is 9.37 Å². The van der Waals surface area contributed by atoms with Gasteiger partial charge in [-0.05, 0) is 31.2 Å². The predicted octanol–water partition coefficient (Wildman–Crippen LogP) is 1.70. The molecule has 21 heavy (non-hydrogen) atoms. The summed E-state index contributed by atoms with van der Waals surface area (Å²) in [5, 5.41) is 9.88. The van der Waals surface area contributed by atoms with Crippen LogP contribution in [0.15, 0.2) is 24.3 Å². The number of carbonyl (C=O) groups is 1. The molecule has 0 amide bonds. The molecule has 0 fully saturated rings. The van der Waals surface area contributed by atoms with E-state index in [0.717, 1.165) is 5.69 Å². The molecule has 112 valence electrons. The summed E-state index contributed by atoms with van der Waals surface area (Å²) in [6, 6.07) is 6.12. The molecule has 7 heteroatoms. The van der Waals surface area contributed by atoms with Crippen LogP contribution in [0.4, 0.5) is 10.1 Å². The van der Waals surface area contributed by atoms with E-state index in [1.54, 1.807) is 19.1 Å². The van der Waals surface area contributed by atoms with Crippen LogP contribution in [0.25, 0.3) is 0 Å². The molecule has 0 saturated carbocycles. The van der Waals surface area contributed by atoms with E-state index in [9.17, 15) is 9.18 Å². The first-order valence-electron chi connectivity index (χ1n) is 6.72. The molecular formula is C14H17FN4O2. The second-order valence-electron chi connectivity index (χ2n) is 4.36. The number of esters is 1. The summed E-state index contributed by atoms with van der Waals surface area (Å²) in [5.41, 5.74) is 0.832. The van der Waals surface area contributed by atoms with Gasteiger partial charge < -0.3 is 10.1 Å². The van der Waals surface area contributed by atoms with Crippen molar-refractivity contribution >= 4 is 11.7 Å². The van der Waals surface area contributed by atoms with Crippen LogP contribution in [0.2, 0.25) is 0 Å². The third kappa shape index (κ3) is 4.87. The number of nitrogens with one attached hydrogen (secondary N) is 2. The number of nitrogens with zero attached hydrogens (tertiary/aromatic N) is 2. The van der Waals surface area contributed by atoms with Gasteiger partial charge in [-0.3, -0.25) is 9.89 Å². The van der Waals surface area contributed by atoms with Crippen molar-refractivity contribution in [1.29, 1.82) is 0 Å². The molecule has 1 aromatic carbocycles. The van der Waals surface area contributed by atoms with Crippen LogP contribution in [0.1, 0.15) is 18.6 Å². The third-order valence-corrected chi connectivity index (χ3v) is 2.72. The molecule has 0 saturated heterocycles. The topological polar surface area (TPSA) is 79.9 Å². The highest BCUT2D eigenvalue weighted by Crippen LogP contribution is 2.08. The van der Waals surface area contributed by atoms with Gasteiger partial charge in [-0.2, -0.15) is 5.10 Å². The standard InChI is InChI=1S/C14H17FN4O2/c1-2-21-14(20)9-13-17-12(18-19-13)7-8-16-11-5-3-10(15)4-6-11/h3-6,16H,2,7-9H2,1H3,(H,17,18,19). The van der Waals surface area contributed by atoms with Crippen LogP contribution >= 0.6 is 0 Å². The number of carbonyl (C=O) groups excluding carboxylic acids is 1. The maximum absolute atomic E-state index is 12.7. The minimum Gasteiger partial charge on any atom is -0.466 e. The molecule has 0 aliphatic carbocycles. The van der Waals surface area contributed by atoms with Gasteiger partial charge in [0.05, 0.1) is 6.61 Å². The van der Waals surface area contributed by atoms with Crippen molar-refractivity contribution in [1.82, 2.24) is 15.2 Å². The van der Waals surface area contributed by atoms with Crippen molar-refractivity contribution in [2.45, 2.75) is 19.8 Å². The van der Waals surface area contributed by atoms with E-state index in [0.29, 0.717) is 31.2 Å². The molecule has 0 atom stereocenters. The second kappa shape index (κ2) is 7.37. The van der Waals surface area contributed by atoms with Crippen LogP contribution < -0.4 is 5.32 Å². The second-order valence-corrected chi connectivity index (χ2v) is 4.36. The van der Waals surface area contributed by atoms with Crippen molar-refractivity contribution in [3.05, 3.63) is 41.7 Å². The summed E-state index contributed by atoms with van der Waals surface area (Å²) < 4.78 is 17.6. The summed E-state index contributed by atoms with van der Waals surface area (Å²) in [6.07, 6.45) is 0.683. The molecule has 1 aromatic heterocycles. The first-order chi connectivity index (χ1) is 10.2. The van der Waals surface area contributed by atoms with Crippen LogP contribution in [0.3, 0.4) is 0 Å². The number of halogens is 1. The van der Waals surface area contributed by atoms with Crippen molar-refractivity contribution in [2.24, 2.45) is 0 Å². The number of aromatic amines is 1. The van der Waals surface area contributed by atoms with Crippen molar-refractivity contribution in [3.8, 4) is 0 Å². The fourth-order valence-corrected chi connectivity index (χ4v) is 1.76. The van der Waals surface area contributed by atoms with Crippen LogP contribution in [0, 0.1) is 5.82 Å². The number of hydrogen-bond acceptors (Lipinski definition) is 5. The molecule has 0 aliphatic heterocycles. The highest BCUT2D eigenvalue weighted by molar-refractivity contribution is 5.71. The van der Waals surface area contributed by atoms with E-state index in [-0.39, 0.29) is 18.2 Å². The summed E-state index contributed by atoms with van der Waals surface area (Å²) in [6.45, 7) is 2.72. The zero-order valence-electron chi connectivity index (χ0n) is 11.7. The minimum atomic E-state index is -0.329. The fraction of sp³-hybridized carbons (Fsp3) is 0.357. The van der Waals surface area contributed by atoms with E-state index in [4.69, 9.17) is 4.74 Å². The largest absolute Gasteiger partial charge is 0.466 e. The molecule has 0 unspecified atom stereocenters. The molecule has 0 spiro atoms. The number of aromatic nitrogens is 3. The Morgan fingerprint density at radius 2 is 2.14 bits per heavy atom. The summed E-state index contributed by atoms with van der Waals surface area (Å²) >= 11 is 0. The van der Waals surface area contributed by atoms with Gasteiger partial charge in [0.2, 0.25) is 0 Å². The zero-order valence-corrected chi connectivity index (χ0v) is 11.7. The summed E-state index contributed by atoms with van der Waals surface area (Å²) in [5.74, 6) is 0.511. The molecule has 0 bridgehead atoms. The fourth-order valence-electron chi connectivity index (χ4n) is 1.76. The Labute approximate surface area is 121 Å². The Morgan fingerprint density at radius 1 is 1.38 bits per heavy atom. The number of anilines is 1.